The standard InChI is InChI=1S/C17H15F3N4O/c1-2-11-7-8-13-14(9-21-15(13)22-11)24-16(25)23-12-5-3-10(4-6-12)17(18,19)20/h3-9H,2H2,1H3,(H,21,22)(H2,23,24,25). The number of hydrogen-bond donors (Lipinski definition) is 3. The lowest BCUT2D eigenvalue weighted by atomic mass is 10.2. The Kier molecular flexibility index (Phi) is 4.35. The number of alkyl halides is 3. The maximum absolute atomic E-state index is 12.5. The molecule has 130 valence electrons. The molecule has 0 saturated carbocycles. The third-order valence-corrected chi connectivity index (χ3v) is 3.68. The van der Waals surface area contributed by atoms with E-state index in [9.17, 15) is 18.0 Å². The lowest BCUT2D eigenvalue weighted by Crippen LogP contribution is -2.19. The van der Waals surface area contributed by atoms with Crippen LogP contribution >= 0.6 is 0 Å². The van der Waals surface area contributed by atoms with Crippen LogP contribution in [0.4, 0.5) is 29.3 Å². The van der Waals surface area contributed by atoms with Gasteiger partial charge in [-0.3, -0.25) is 0 Å². The molecule has 2 amide bonds. The van der Waals surface area contributed by atoms with Gasteiger partial charge in [0, 0.05) is 23.0 Å². The van der Waals surface area contributed by atoms with Gasteiger partial charge in [-0.2, -0.15) is 13.2 Å². The fraction of sp³-hybridized carbons (Fsp3) is 0.176. The Morgan fingerprint density at radius 3 is 2.48 bits per heavy atom. The maximum atomic E-state index is 12.5. The number of nitrogens with zero attached hydrogens (tertiary/aromatic N) is 1. The minimum absolute atomic E-state index is 0.261. The van der Waals surface area contributed by atoms with Crippen LogP contribution < -0.4 is 10.6 Å². The predicted octanol–water partition coefficient (Wildman–Crippen LogP) is 4.79. The number of halogens is 3. The summed E-state index contributed by atoms with van der Waals surface area (Å²) < 4.78 is 37.6. The smallest absolute Gasteiger partial charge is 0.344 e. The van der Waals surface area contributed by atoms with Crippen molar-refractivity contribution >= 4 is 28.4 Å². The Bertz CT molecular complexity index is 900. The highest BCUT2D eigenvalue weighted by molar-refractivity contribution is 6.05. The molecule has 0 atom stereocenters. The van der Waals surface area contributed by atoms with Crippen molar-refractivity contribution in [1.29, 1.82) is 0 Å². The number of aryl methyl sites for hydroxylation is 1. The van der Waals surface area contributed by atoms with E-state index in [2.05, 4.69) is 20.6 Å². The summed E-state index contributed by atoms with van der Waals surface area (Å²) in [6, 6.07) is 7.40. The van der Waals surface area contributed by atoms with Gasteiger partial charge in [0.1, 0.15) is 5.65 Å². The van der Waals surface area contributed by atoms with Gasteiger partial charge in [0.05, 0.1) is 11.3 Å². The molecule has 0 fully saturated rings. The van der Waals surface area contributed by atoms with E-state index in [1.54, 1.807) is 6.20 Å². The molecule has 0 spiro atoms. The zero-order chi connectivity index (χ0) is 18.0. The Labute approximate surface area is 141 Å². The number of anilines is 2. The second-order valence-corrected chi connectivity index (χ2v) is 5.41. The second kappa shape index (κ2) is 6.46. The molecule has 25 heavy (non-hydrogen) atoms. The molecule has 3 rings (SSSR count). The van der Waals surface area contributed by atoms with Crippen LogP contribution in [0.3, 0.4) is 0 Å². The summed E-state index contributed by atoms with van der Waals surface area (Å²) in [6.45, 7) is 1.99. The number of aromatic nitrogens is 2. The van der Waals surface area contributed by atoms with E-state index in [-0.39, 0.29) is 5.69 Å². The van der Waals surface area contributed by atoms with E-state index in [4.69, 9.17) is 0 Å². The van der Waals surface area contributed by atoms with E-state index >= 15 is 0 Å². The molecule has 2 heterocycles. The molecular formula is C17H15F3N4O. The molecule has 3 N–H and O–H groups in total. The number of pyridine rings is 1. The van der Waals surface area contributed by atoms with Gasteiger partial charge in [0.2, 0.25) is 0 Å². The van der Waals surface area contributed by atoms with E-state index < -0.39 is 17.8 Å². The van der Waals surface area contributed by atoms with Gasteiger partial charge in [-0.15, -0.1) is 0 Å². The molecular weight excluding hydrogens is 333 g/mol. The number of hydrogen-bond acceptors (Lipinski definition) is 2. The molecule has 3 aromatic rings. The summed E-state index contributed by atoms with van der Waals surface area (Å²) in [5, 5.41) is 5.90. The van der Waals surface area contributed by atoms with Crippen molar-refractivity contribution in [1.82, 2.24) is 9.97 Å². The maximum Gasteiger partial charge on any atom is 0.416 e. The van der Waals surface area contributed by atoms with Crippen molar-refractivity contribution in [2.24, 2.45) is 0 Å². The molecule has 2 aromatic heterocycles. The van der Waals surface area contributed by atoms with Crippen LogP contribution in [0.2, 0.25) is 0 Å². The third kappa shape index (κ3) is 3.73. The van der Waals surface area contributed by atoms with E-state index in [1.807, 2.05) is 19.1 Å². The minimum Gasteiger partial charge on any atom is -0.344 e. The zero-order valence-corrected chi connectivity index (χ0v) is 13.2. The minimum atomic E-state index is -4.41. The third-order valence-electron chi connectivity index (χ3n) is 3.68. The number of carbonyl (C=O) groups is 1. The number of H-pyrrole nitrogens is 1. The summed E-state index contributed by atoms with van der Waals surface area (Å²) in [5.41, 5.74) is 1.61. The molecule has 0 aliphatic rings. The van der Waals surface area contributed by atoms with Gasteiger partial charge in [-0.1, -0.05) is 6.92 Å². The number of amides is 2. The molecule has 0 saturated heterocycles. The van der Waals surface area contributed by atoms with Crippen LogP contribution in [0, 0.1) is 0 Å². The van der Waals surface area contributed by atoms with Gasteiger partial charge in [0.15, 0.2) is 0 Å². The van der Waals surface area contributed by atoms with Crippen molar-refractivity contribution < 1.29 is 18.0 Å². The summed E-state index contributed by atoms with van der Waals surface area (Å²) in [7, 11) is 0. The van der Waals surface area contributed by atoms with Crippen LogP contribution in [-0.4, -0.2) is 16.0 Å². The molecule has 0 unspecified atom stereocenters. The van der Waals surface area contributed by atoms with Crippen LogP contribution in [-0.2, 0) is 12.6 Å². The van der Waals surface area contributed by atoms with Gasteiger partial charge >= 0.3 is 12.2 Å². The molecule has 5 nitrogen and oxygen atoms in total. The number of benzene rings is 1. The quantitative estimate of drug-likeness (QED) is 0.637. The first-order chi connectivity index (χ1) is 11.9. The highest BCUT2D eigenvalue weighted by atomic mass is 19.4. The summed E-state index contributed by atoms with van der Waals surface area (Å²) >= 11 is 0. The Morgan fingerprint density at radius 2 is 1.84 bits per heavy atom. The molecule has 0 radical (unpaired) electrons. The van der Waals surface area contributed by atoms with Crippen molar-refractivity contribution in [2.45, 2.75) is 19.5 Å². The molecule has 0 aliphatic heterocycles. The van der Waals surface area contributed by atoms with Crippen LogP contribution in [0.25, 0.3) is 11.0 Å². The van der Waals surface area contributed by atoms with Crippen LogP contribution in [0.15, 0.2) is 42.6 Å². The van der Waals surface area contributed by atoms with E-state index in [0.717, 1.165) is 29.6 Å². The Balaban J connectivity index is 1.70. The van der Waals surface area contributed by atoms with E-state index in [0.29, 0.717) is 11.3 Å². The SMILES string of the molecule is CCc1ccc2c(NC(=O)Nc3ccc(C(F)(F)F)cc3)c[nH]c2n1. The first-order valence-corrected chi connectivity index (χ1v) is 7.59. The van der Waals surface area contributed by atoms with Crippen molar-refractivity contribution in [3.05, 3.63) is 53.9 Å². The molecule has 0 aliphatic carbocycles. The summed E-state index contributed by atoms with van der Waals surface area (Å²) in [5.74, 6) is 0. The second-order valence-electron chi connectivity index (χ2n) is 5.41. The number of fused-ring (bicyclic) bond motifs is 1. The number of urea groups is 1. The van der Waals surface area contributed by atoms with Crippen LogP contribution in [0.5, 0.6) is 0 Å². The number of nitrogens with one attached hydrogen (secondary N) is 3. The van der Waals surface area contributed by atoms with Crippen molar-refractivity contribution in [2.75, 3.05) is 10.6 Å². The van der Waals surface area contributed by atoms with Gasteiger partial charge < -0.3 is 15.6 Å². The first-order valence-electron chi connectivity index (χ1n) is 7.59. The zero-order valence-electron chi connectivity index (χ0n) is 13.2. The Morgan fingerprint density at radius 1 is 1.12 bits per heavy atom. The van der Waals surface area contributed by atoms with E-state index in [1.165, 1.54) is 12.1 Å². The van der Waals surface area contributed by atoms with Gasteiger partial charge in [-0.05, 0) is 42.8 Å². The Hall–Kier alpha value is -3.03. The summed E-state index contributed by atoms with van der Waals surface area (Å²) in [6.07, 6.45) is -2.00. The predicted molar refractivity (Wildman–Crippen MR) is 89.6 cm³/mol. The average molecular weight is 348 g/mol. The fourth-order valence-corrected chi connectivity index (χ4v) is 2.37. The number of rotatable bonds is 3. The number of carbonyl (C=O) groups excluding carboxylic acids is 1. The summed E-state index contributed by atoms with van der Waals surface area (Å²) in [4.78, 5) is 19.4. The molecule has 0 bridgehead atoms. The lowest BCUT2D eigenvalue weighted by molar-refractivity contribution is -0.137. The monoisotopic (exact) mass is 348 g/mol. The average Bonchev–Trinajstić information content (AvgIpc) is 2.96. The first kappa shape index (κ1) is 16.8. The lowest BCUT2D eigenvalue weighted by Gasteiger charge is -2.09. The molecule has 8 heteroatoms. The van der Waals surface area contributed by atoms with Crippen molar-refractivity contribution in [3.63, 3.8) is 0 Å². The topological polar surface area (TPSA) is 69.8 Å². The normalized spacial score (nSPS) is 11.5. The van der Waals surface area contributed by atoms with Gasteiger partial charge in [-0.25, -0.2) is 9.78 Å². The number of aromatic amines is 1. The van der Waals surface area contributed by atoms with Crippen LogP contribution in [0.1, 0.15) is 18.2 Å². The molecule has 1 aromatic carbocycles. The largest absolute Gasteiger partial charge is 0.416 e. The highest BCUT2D eigenvalue weighted by Gasteiger charge is 2.29. The van der Waals surface area contributed by atoms with Crippen molar-refractivity contribution in [3.8, 4) is 0 Å². The highest BCUT2D eigenvalue weighted by Crippen LogP contribution is 2.30. The fourth-order valence-electron chi connectivity index (χ4n) is 2.37. The van der Waals surface area contributed by atoms with Gasteiger partial charge in [0.25, 0.3) is 0 Å².